The van der Waals surface area contributed by atoms with E-state index in [9.17, 15) is 4.79 Å². The molecular weight excluding hydrogens is 248 g/mol. The molecule has 3 nitrogen and oxygen atoms in total. The predicted molar refractivity (Wildman–Crippen MR) is 76.2 cm³/mol. The maximum Gasteiger partial charge on any atom is 0.254 e. The molecule has 0 atom stereocenters. The highest BCUT2D eigenvalue weighted by Gasteiger charge is 2.22. The lowest BCUT2D eigenvalue weighted by atomic mass is 10.0. The van der Waals surface area contributed by atoms with Crippen LogP contribution in [0.2, 0.25) is 0 Å². The molecule has 1 aliphatic rings. The van der Waals surface area contributed by atoms with E-state index in [4.69, 9.17) is 5.73 Å². The minimum absolute atomic E-state index is 0. The Morgan fingerprint density at radius 3 is 2.56 bits per heavy atom. The molecule has 100 valence electrons. The average molecular weight is 269 g/mol. The Labute approximate surface area is 115 Å². The van der Waals surface area contributed by atoms with Gasteiger partial charge in [0.2, 0.25) is 0 Å². The average Bonchev–Trinajstić information content (AvgIpc) is 2.39. The van der Waals surface area contributed by atoms with Crippen molar-refractivity contribution in [2.24, 2.45) is 5.73 Å². The first-order valence-electron chi connectivity index (χ1n) is 6.35. The SMILES string of the molecule is CCc1ccccc1C(=O)N1CCC(N)CC1.Cl. The number of rotatable bonds is 2. The van der Waals surface area contributed by atoms with E-state index >= 15 is 0 Å². The van der Waals surface area contributed by atoms with Crippen LogP contribution in [0.4, 0.5) is 0 Å². The number of aryl methyl sites for hydroxylation is 1. The molecule has 2 N–H and O–H groups in total. The van der Waals surface area contributed by atoms with Gasteiger partial charge in [0, 0.05) is 24.7 Å². The Kier molecular flexibility index (Phi) is 5.63. The van der Waals surface area contributed by atoms with Gasteiger partial charge in [0.25, 0.3) is 5.91 Å². The Balaban J connectivity index is 0.00000162. The Morgan fingerprint density at radius 1 is 1.33 bits per heavy atom. The van der Waals surface area contributed by atoms with E-state index in [0.29, 0.717) is 0 Å². The van der Waals surface area contributed by atoms with Gasteiger partial charge >= 0.3 is 0 Å². The largest absolute Gasteiger partial charge is 0.339 e. The maximum atomic E-state index is 12.4. The number of piperidine rings is 1. The zero-order chi connectivity index (χ0) is 12.3. The van der Waals surface area contributed by atoms with Gasteiger partial charge in [-0.05, 0) is 30.9 Å². The van der Waals surface area contributed by atoms with Crippen molar-refractivity contribution in [3.05, 3.63) is 35.4 Å². The van der Waals surface area contributed by atoms with Crippen molar-refractivity contribution in [3.63, 3.8) is 0 Å². The lowest BCUT2D eigenvalue weighted by Crippen LogP contribution is -2.43. The molecule has 0 bridgehead atoms. The van der Waals surface area contributed by atoms with Crippen LogP contribution in [-0.2, 0) is 6.42 Å². The van der Waals surface area contributed by atoms with E-state index in [0.717, 1.165) is 43.5 Å². The third kappa shape index (κ3) is 3.24. The smallest absolute Gasteiger partial charge is 0.254 e. The van der Waals surface area contributed by atoms with Crippen molar-refractivity contribution in [1.82, 2.24) is 4.90 Å². The fraction of sp³-hybridized carbons (Fsp3) is 0.500. The number of halogens is 1. The van der Waals surface area contributed by atoms with Crippen LogP contribution in [0.15, 0.2) is 24.3 Å². The molecule has 0 aromatic heterocycles. The van der Waals surface area contributed by atoms with Gasteiger partial charge in [-0.15, -0.1) is 12.4 Å². The van der Waals surface area contributed by atoms with E-state index in [2.05, 4.69) is 6.92 Å². The standard InChI is InChI=1S/C14H20N2O.ClH/c1-2-11-5-3-4-6-13(11)14(17)16-9-7-12(15)8-10-16;/h3-6,12H,2,7-10,15H2,1H3;1H. The highest BCUT2D eigenvalue weighted by molar-refractivity contribution is 5.95. The summed E-state index contributed by atoms with van der Waals surface area (Å²) in [7, 11) is 0. The first-order valence-corrected chi connectivity index (χ1v) is 6.35. The van der Waals surface area contributed by atoms with Gasteiger partial charge in [-0.2, -0.15) is 0 Å². The molecule has 1 aromatic rings. The molecule has 1 saturated heterocycles. The summed E-state index contributed by atoms with van der Waals surface area (Å²) < 4.78 is 0. The molecule has 1 heterocycles. The second-order valence-corrected chi connectivity index (χ2v) is 4.64. The van der Waals surface area contributed by atoms with Crippen LogP contribution in [0.3, 0.4) is 0 Å². The zero-order valence-corrected chi connectivity index (χ0v) is 11.6. The van der Waals surface area contributed by atoms with E-state index in [-0.39, 0.29) is 24.4 Å². The molecule has 0 spiro atoms. The van der Waals surface area contributed by atoms with Crippen molar-refractivity contribution in [2.75, 3.05) is 13.1 Å². The van der Waals surface area contributed by atoms with Crippen molar-refractivity contribution in [2.45, 2.75) is 32.2 Å². The fourth-order valence-electron chi connectivity index (χ4n) is 2.31. The summed E-state index contributed by atoms with van der Waals surface area (Å²) in [5.74, 6) is 0.161. The van der Waals surface area contributed by atoms with Gasteiger partial charge in [-0.1, -0.05) is 25.1 Å². The minimum Gasteiger partial charge on any atom is -0.339 e. The second kappa shape index (κ2) is 6.76. The number of hydrogen-bond acceptors (Lipinski definition) is 2. The number of carbonyl (C=O) groups excluding carboxylic acids is 1. The lowest BCUT2D eigenvalue weighted by Gasteiger charge is -2.30. The van der Waals surface area contributed by atoms with Crippen LogP contribution >= 0.6 is 12.4 Å². The number of amides is 1. The van der Waals surface area contributed by atoms with Crippen LogP contribution in [0, 0.1) is 0 Å². The van der Waals surface area contributed by atoms with Crippen molar-refractivity contribution in [3.8, 4) is 0 Å². The first-order chi connectivity index (χ1) is 8.22. The molecule has 18 heavy (non-hydrogen) atoms. The topological polar surface area (TPSA) is 46.3 Å². The molecule has 1 fully saturated rings. The van der Waals surface area contributed by atoms with Gasteiger partial charge in [-0.3, -0.25) is 4.79 Å². The third-order valence-corrected chi connectivity index (χ3v) is 3.46. The predicted octanol–water partition coefficient (Wildman–Crippen LogP) is 2.23. The molecule has 0 saturated carbocycles. The van der Waals surface area contributed by atoms with E-state index in [1.54, 1.807) is 0 Å². The molecule has 0 radical (unpaired) electrons. The summed E-state index contributed by atoms with van der Waals surface area (Å²) in [5, 5.41) is 0. The summed E-state index contributed by atoms with van der Waals surface area (Å²) in [6.45, 7) is 3.66. The van der Waals surface area contributed by atoms with Crippen molar-refractivity contribution in [1.29, 1.82) is 0 Å². The lowest BCUT2D eigenvalue weighted by molar-refractivity contribution is 0.0713. The molecule has 0 aliphatic carbocycles. The Morgan fingerprint density at radius 2 is 1.94 bits per heavy atom. The molecule has 2 rings (SSSR count). The highest BCUT2D eigenvalue weighted by atomic mass is 35.5. The molecular formula is C14H21ClN2O. The minimum atomic E-state index is 0. The van der Waals surface area contributed by atoms with Crippen LogP contribution in [0.1, 0.15) is 35.7 Å². The van der Waals surface area contributed by atoms with Crippen LogP contribution in [0.25, 0.3) is 0 Å². The second-order valence-electron chi connectivity index (χ2n) is 4.64. The quantitative estimate of drug-likeness (QED) is 0.894. The number of likely N-dealkylation sites (tertiary alicyclic amines) is 1. The summed E-state index contributed by atoms with van der Waals surface area (Å²) in [5.41, 5.74) is 7.84. The third-order valence-electron chi connectivity index (χ3n) is 3.46. The number of nitrogens with zero attached hydrogens (tertiary/aromatic N) is 1. The van der Waals surface area contributed by atoms with Gasteiger partial charge in [0.15, 0.2) is 0 Å². The Hall–Kier alpha value is -1.06. The van der Waals surface area contributed by atoms with E-state index in [1.807, 2.05) is 29.2 Å². The summed E-state index contributed by atoms with van der Waals surface area (Å²) >= 11 is 0. The number of nitrogens with two attached hydrogens (primary N) is 1. The molecule has 1 amide bonds. The normalized spacial score (nSPS) is 16.2. The molecule has 0 unspecified atom stereocenters. The van der Waals surface area contributed by atoms with Gasteiger partial charge in [-0.25, -0.2) is 0 Å². The Bertz CT molecular complexity index is 401. The molecule has 1 aliphatic heterocycles. The molecule has 4 heteroatoms. The van der Waals surface area contributed by atoms with E-state index < -0.39 is 0 Å². The monoisotopic (exact) mass is 268 g/mol. The summed E-state index contributed by atoms with van der Waals surface area (Å²) in [6, 6.07) is 8.14. The van der Waals surface area contributed by atoms with Gasteiger partial charge < -0.3 is 10.6 Å². The highest BCUT2D eigenvalue weighted by Crippen LogP contribution is 2.16. The van der Waals surface area contributed by atoms with Crippen molar-refractivity contribution >= 4 is 18.3 Å². The maximum absolute atomic E-state index is 12.4. The zero-order valence-electron chi connectivity index (χ0n) is 10.8. The first kappa shape index (κ1) is 15.0. The van der Waals surface area contributed by atoms with Gasteiger partial charge in [0.05, 0.1) is 0 Å². The summed E-state index contributed by atoms with van der Waals surface area (Å²) in [6.07, 6.45) is 2.73. The van der Waals surface area contributed by atoms with Gasteiger partial charge in [0.1, 0.15) is 0 Å². The molecule has 1 aromatic carbocycles. The van der Waals surface area contributed by atoms with Crippen LogP contribution < -0.4 is 5.73 Å². The number of carbonyl (C=O) groups is 1. The summed E-state index contributed by atoms with van der Waals surface area (Å²) in [4.78, 5) is 14.3. The van der Waals surface area contributed by atoms with Crippen LogP contribution in [-0.4, -0.2) is 29.9 Å². The number of benzene rings is 1. The number of hydrogen-bond donors (Lipinski definition) is 1. The van der Waals surface area contributed by atoms with Crippen molar-refractivity contribution < 1.29 is 4.79 Å². The van der Waals surface area contributed by atoms with Crippen LogP contribution in [0.5, 0.6) is 0 Å². The van der Waals surface area contributed by atoms with E-state index in [1.165, 1.54) is 0 Å². The fourth-order valence-corrected chi connectivity index (χ4v) is 2.31.